The minimum Gasteiger partial charge on any atom is -0.489 e. The van der Waals surface area contributed by atoms with E-state index in [2.05, 4.69) is 0 Å². The second-order valence-electron chi connectivity index (χ2n) is 3.91. The first kappa shape index (κ1) is 13.7. The Bertz CT molecular complexity index is 552. The molecule has 0 radical (unpaired) electrons. The van der Waals surface area contributed by atoms with Crippen molar-refractivity contribution in [2.45, 2.75) is 12.8 Å². The smallest absolute Gasteiger partial charge is 0.416 e. The molecule has 0 aliphatic rings. The molecule has 5 heteroatoms. The number of benzene rings is 2. The molecule has 0 amide bonds. The third-order valence-corrected chi connectivity index (χ3v) is 2.88. The summed E-state index contributed by atoms with van der Waals surface area (Å²) in [5, 5.41) is 0.254. The Balaban J connectivity index is 2.16. The average Bonchev–Trinajstić information content (AvgIpc) is 2.37. The van der Waals surface area contributed by atoms with Crippen molar-refractivity contribution in [3.8, 4) is 5.75 Å². The number of para-hydroxylation sites is 1. The summed E-state index contributed by atoms with van der Waals surface area (Å²) in [6, 6.07) is 12.0. The van der Waals surface area contributed by atoms with Gasteiger partial charge in [0.1, 0.15) is 12.4 Å². The van der Waals surface area contributed by atoms with Crippen molar-refractivity contribution < 1.29 is 17.9 Å². The van der Waals surface area contributed by atoms with Crippen LogP contribution in [0.1, 0.15) is 11.1 Å². The lowest BCUT2D eigenvalue weighted by Gasteiger charge is -2.11. The highest BCUT2D eigenvalue weighted by Crippen LogP contribution is 2.32. The first-order valence-corrected chi connectivity index (χ1v) is 5.88. The van der Waals surface area contributed by atoms with Crippen molar-refractivity contribution in [3.63, 3.8) is 0 Å². The minimum absolute atomic E-state index is 0.00718. The van der Waals surface area contributed by atoms with Gasteiger partial charge in [-0.25, -0.2) is 0 Å². The molecule has 100 valence electrons. The molecular formula is C14H10ClF3O. The highest BCUT2D eigenvalue weighted by molar-refractivity contribution is 6.31. The standard InChI is InChI=1S/C14H10ClF3O/c15-13-7-6-11(14(16,17)18)8-10(13)9-19-12-4-2-1-3-5-12/h1-8H,9H2. The highest BCUT2D eigenvalue weighted by Gasteiger charge is 2.30. The van der Waals surface area contributed by atoms with Crippen LogP contribution in [0.5, 0.6) is 5.75 Å². The van der Waals surface area contributed by atoms with Gasteiger partial charge in [-0.2, -0.15) is 13.2 Å². The number of hydrogen-bond donors (Lipinski definition) is 0. The summed E-state index contributed by atoms with van der Waals surface area (Å²) in [4.78, 5) is 0. The Labute approximate surface area is 113 Å². The minimum atomic E-state index is -4.38. The van der Waals surface area contributed by atoms with Gasteiger partial charge in [-0.15, -0.1) is 0 Å². The molecule has 0 unspecified atom stereocenters. The van der Waals surface area contributed by atoms with Gasteiger partial charge in [0.25, 0.3) is 0 Å². The molecule has 19 heavy (non-hydrogen) atoms. The highest BCUT2D eigenvalue weighted by atomic mass is 35.5. The molecule has 0 saturated heterocycles. The molecule has 0 saturated carbocycles. The van der Waals surface area contributed by atoms with E-state index in [0.717, 1.165) is 12.1 Å². The van der Waals surface area contributed by atoms with Crippen LogP contribution in [0.4, 0.5) is 13.2 Å². The van der Waals surface area contributed by atoms with Crippen LogP contribution >= 0.6 is 11.6 Å². The van der Waals surface area contributed by atoms with Gasteiger partial charge in [0.15, 0.2) is 0 Å². The molecule has 0 heterocycles. The maximum absolute atomic E-state index is 12.6. The maximum Gasteiger partial charge on any atom is 0.416 e. The van der Waals surface area contributed by atoms with Gasteiger partial charge in [0.2, 0.25) is 0 Å². The lowest BCUT2D eigenvalue weighted by atomic mass is 10.1. The molecule has 0 bridgehead atoms. The number of alkyl halides is 3. The molecule has 2 aromatic rings. The molecule has 2 rings (SSSR count). The van der Waals surface area contributed by atoms with Crippen LogP contribution in [-0.4, -0.2) is 0 Å². The average molecular weight is 287 g/mol. The van der Waals surface area contributed by atoms with Crippen LogP contribution in [-0.2, 0) is 12.8 Å². The SMILES string of the molecule is FC(F)(F)c1ccc(Cl)c(COc2ccccc2)c1. The third kappa shape index (κ3) is 3.64. The maximum atomic E-state index is 12.6. The van der Waals surface area contributed by atoms with Gasteiger partial charge in [0.05, 0.1) is 5.56 Å². The summed E-state index contributed by atoms with van der Waals surface area (Å²) >= 11 is 5.87. The number of hydrogen-bond acceptors (Lipinski definition) is 1. The zero-order valence-corrected chi connectivity index (χ0v) is 10.5. The summed E-state index contributed by atoms with van der Waals surface area (Å²) in [5.41, 5.74) is -0.427. The summed E-state index contributed by atoms with van der Waals surface area (Å²) in [5.74, 6) is 0.580. The predicted molar refractivity (Wildman–Crippen MR) is 67.2 cm³/mol. The number of halogens is 4. The first-order valence-electron chi connectivity index (χ1n) is 5.50. The van der Waals surface area contributed by atoms with E-state index in [1.165, 1.54) is 6.07 Å². The lowest BCUT2D eigenvalue weighted by molar-refractivity contribution is -0.137. The normalized spacial score (nSPS) is 11.4. The molecule has 0 atom stereocenters. The van der Waals surface area contributed by atoms with Gasteiger partial charge < -0.3 is 4.74 Å². The van der Waals surface area contributed by atoms with Crippen molar-refractivity contribution in [3.05, 3.63) is 64.7 Å². The van der Waals surface area contributed by atoms with Crippen LogP contribution in [0, 0.1) is 0 Å². The van der Waals surface area contributed by atoms with Gasteiger partial charge in [0, 0.05) is 10.6 Å². The Morgan fingerprint density at radius 2 is 1.68 bits per heavy atom. The van der Waals surface area contributed by atoms with E-state index in [-0.39, 0.29) is 11.6 Å². The summed E-state index contributed by atoms with van der Waals surface area (Å²) < 4.78 is 43.1. The van der Waals surface area contributed by atoms with E-state index in [1.807, 2.05) is 6.07 Å². The second kappa shape index (κ2) is 5.53. The Morgan fingerprint density at radius 1 is 1.00 bits per heavy atom. The molecular weight excluding hydrogens is 277 g/mol. The topological polar surface area (TPSA) is 9.23 Å². The fraction of sp³-hybridized carbons (Fsp3) is 0.143. The fourth-order valence-electron chi connectivity index (χ4n) is 1.54. The third-order valence-electron chi connectivity index (χ3n) is 2.51. The van der Waals surface area contributed by atoms with E-state index in [0.29, 0.717) is 11.3 Å². The Morgan fingerprint density at radius 3 is 2.32 bits per heavy atom. The molecule has 0 spiro atoms. The van der Waals surface area contributed by atoms with Crippen LogP contribution in [0.15, 0.2) is 48.5 Å². The lowest BCUT2D eigenvalue weighted by Crippen LogP contribution is -2.06. The van der Waals surface area contributed by atoms with Crippen LogP contribution < -0.4 is 4.74 Å². The van der Waals surface area contributed by atoms with Gasteiger partial charge in [-0.1, -0.05) is 29.8 Å². The van der Waals surface area contributed by atoms with E-state index in [9.17, 15) is 13.2 Å². The van der Waals surface area contributed by atoms with Gasteiger partial charge >= 0.3 is 6.18 Å². The zero-order valence-electron chi connectivity index (χ0n) is 9.75. The number of ether oxygens (including phenoxy) is 1. The quantitative estimate of drug-likeness (QED) is 0.777. The number of rotatable bonds is 3. The second-order valence-corrected chi connectivity index (χ2v) is 4.31. The summed E-state index contributed by atoms with van der Waals surface area (Å²) in [6.45, 7) is -0.00718. The van der Waals surface area contributed by atoms with Crippen molar-refractivity contribution in [1.29, 1.82) is 0 Å². The predicted octanol–water partition coefficient (Wildman–Crippen LogP) is 4.94. The fourth-order valence-corrected chi connectivity index (χ4v) is 1.71. The molecule has 0 aliphatic carbocycles. The van der Waals surface area contributed by atoms with Gasteiger partial charge in [-0.05, 0) is 30.3 Å². The van der Waals surface area contributed by atoms with Crippen molar-refractivity contribution in [2.24, 2.45) is 0 Å². The van der Waals surface area contributed by atoms with Crippen LogP contribution in [0.2, 0.25) is 5.02 Å². The zero-order chi connectivity index (χ0) is 13.9. The summed E-state index contributed by atoms with van der Waals surface area (Å²) in [7, 11) is 0. The molecule has 2 aromatic carbocycles. The van der Waals surface area contributed by atoms with Crippen LogP contribution in [0.25, 0.3) is 0 Å². The molecule has 0 aliphatic heterocycles. The van der Waals surface area contributed by atoms with E-state index < -0.39 is 11.7 Å². The van der Waals surface area contributed by atoms with Gasteiger partial charge in [-0.3, -0.25) is 0 Å². The van der Waals surface area contributed by atoms with E-state index >= 15 is 0 Å². The van der Waals surface area contributed by atoms with Crippen molar-refractivity contribution >= 4 is 11.6 Å². The van der Waals surface area contributed by atoms with Crippen LogP contribution in [0.3, 0.4) is 0 Å². The Kier molecular flexibility index (Phi) is 4.00. The molecule has 1 nitrogen and oxygen atoms in total. The summed E-state index contributed by atoms with van der Waals surface area (Å²) in [6.07, 6.45) is -4.38. The Hall–Kier alpha value is -1.68. The largest absolute Gasteiger partial charge is 0.489 e. The van der Waals surface area contributed by atoms with E-state index in [1.54, 1.807) is 24.3 Å². The van der Waals surface area contributed by atoms with Crippen molar-refractivity contribution in [2.75, 3.05) is 0 Å². The molecule has 0 N–H and O–H groups in total. The monoisotopic (exact) mass is 286 g/mol. The molecule has 0 fully saturated rings. The molecule has 0 aromatic heterocycles. The first-order chi connectivity index (χ1) is 8.97. The van der Waals surface area contributed by atoms with Crippen molar-refractivity contribution in [1.82, 2.24) is 0 Å². The van der Waals surface area contributed by atoms with E-state index in [4.69, 9.17) is 16.3 Å².